The van der Waals surface area contributed by atoms with Crippen molar-refractivity contribution in [3.05, 3.63) is 40.0 Å². The number of aromatic nitrogens is 2. The number of nitrogens with zero attached hydrogens (tertiary/aromatic N) is 3. The summed E-state index contributed by atoms with van der Waals surface area (Å²) >= 11 is 1.59. The molecule has 1 aliphatic rings. The van der Waals surface area contributed by atoms with Crippen molar-refractivity contribution in [2.45, 2.75) is 46.0 Å². The number of likely N-dealkylation sites (tertiary alicyclic amines) is 1. The van der Waals surface area contributed by atoms with Gasteiger partial charge in [0.05, 0.1) is 17.1 Å². The van der Waals surface area contributed by atoms with Crippen LogP contribution < -0.4 is 5.32 Å². The van der Waals surface area contributed by atoms with Crippen LogP contribution in [-0.2, 0) is 22.4 Å². The van der Waals surface area contributed by atoms with E-state index in [4.69, 9.17) is 0 Å². The summed E-state index contributed by atoms with van der Waals surface area (Å²) in [5, 5.41) is 5.71. The molecule has 6 nitrogen and oxygen atoms in total. The van der Waals surface area contributed by atoms with E-state index in [9.17, 15) is 9.59 Å². The summed E-state index contributed by atoms with van der Waals surface area (Å²) < 4.78 is 0. The van der Waals surface area contributed by atoms with Gasteiger partial charge in [-0.3, -0.25) is 9.59 Å². The molecule has 144 valence electrons. The SMILES string of the molecule is CC(=O)Nc1cc(CCC2CCN(C(=O)Cc3csc(C)n3)CC2)ccn1. The van der Waals surface area contributed by atoms with E-state index < -0.39 is 0 Å². The monoisotopic (exact) mass is 386 g/mol. The minimum atomic E-state index is -0.107. The van der Waals surface area contributed by atoms with Crippen LogP contribution in [0.4, 0.5) is 5.82 Å². The third-order valence-electron chi connectivity index (χ3n) is 4.94. The number of thiazole rings is 1. The van der Waals surface area contributed by atoms with Gasteiger partial charge < -0.3 is 10.2 Å². The molecule has 0 saturated carbocycles. The maximum atomic E-state index is 12.4. The fourth-order valence-electron chi connectivity index (χ4n) is 3.48. The number of piperidine rings is 1. The van der Waals surface area contributed by atoms with Gasteiger partial charge in [-0.2, -0.15) is 0 Å². The average molecular weight is 387 g/mol. The smallest absolute Gasteiger partial charge is 0.228 e. The molecule has 1 aliphatic heterocycles. The maximum absolute atomic E-state index is 12.4. The Kier molecular flexibility index (Phi) is 6.55. The first-order valence-electron chi connectivity index (χ1n) is 9.41. The van der Waals surface area contributed by atoms with Gasteiger partial charge in [0.1, 0.15) is 5.82 Å². The quantitative estimate of drug-likeness (QED) is 0.827. The molecule has 1 fully saturated rings. The van der Waals surface area contributed by atoms with E-state index in [1.54, 1.807) is 17.5 Å². The second kappa shape index (κ2) is 9.08. The molecule has 0 aliphatic carbocycles. The highest BCUT2D eigenvalue weighted by atomic mass is 32.1. The lowest BCUT2D eigenvalue weighted by Gasteiger charge is -2.32. The van der Waals surface area contributed by atoms with Crippen molar-refractivity contribution in [1.82, 2.24) is 14.9 Å². The van der Waals surface area contributed by atoms with Gasteiger partial charge in [-0.15, -0.1) is 11.3 Å². The van der Waals surface area contributed by atoms with Gasteiger partial charge in [-0.05, 0) is 56.2 Å². The lowest BCUT2D eigenvalue weighted by molar-refractivity contribution is -0.131. The molecule has 2 aromatic rings. The van der Waals surface area contributed by atoms with Crippen molar-refractivity contribution in [3.63, 3.8) is 0 Å². The molecule has 0 spiro atoms. The molecule has 0 atom stereocenters. The van der Waals surface area contributed by atoms with Gasteiger partial charge in [-0.25, -0.2) is 9.97 Å². The Morgan fingerprint density at radius 2 is 2.11 bits per heavy atom. The van der Waals surface area contributed by atoms with E-state index in [0.29, 0.717) is 18.2 Å². The molecule has 2 aromatic heterocycles. The molecule has 27 heavy (non-hydrogen) atoms. The average Bonchev–Trinajstić information content (AvgIpc) is 3.05. The number of rotatable bonds is 6. The number of hydrogen-bond acceptors (Lipinski definition) is 5. The molecular formula is C20H26N4O2S. The fourth-order valence-corrected chi connectivity index (χ4v) is 4.09. The van der Waals surface area contributed by atoms with Crippen molar-refractivity contribution in [3.8, 4) is 0 Å². The Bertz CT molecular complexity index is 797. The Morgan fingerprint density at radius 1 is 1.33 bits per heavy atom. The molecule has 0 bridgehead atoms. The molecule has 0 radical (unpaired) electrons. The third kappa shape index (κ3) is 5.85. The molecular weight excluding hydrogens is 360 g/mol. The molecule has 0 unspecified atom stereocenters. The van der Waals surface area contributed by atoms with Gasteiger partial charge >= 0.3 is 0 Å². The minimum Gasteiger partial charge on any atom is -0.342 e. The van der Waals surface area contributed by atoms with Gasteiger partial charge in [0.2, 0.25) is 11.8 Å². The van der Waals surface area contributed by atoms with E-state index in [0.717, 1.165) is 49.5 Å². The van der Waals surface area contributed by atoms with Crippen molar-refractivity contribution < 1.29 is 9.59 Å². The molecule has 7 heteroatoms. The van der Waals surface area contributed by atoms with Crippen LogP contribution in [0.2, 0.25) is 0 Å². The zero-order chi connectivity index (χ0) is 19.2. The second-order valence-corrected chi connectivity index (χ2v) is 8.19. The van der Waals surface area contributed by atoms with Crippen molar-refractivity contribution >= 4 is 29.0 Å². The summed E-state index contributed by atoms with van der Waals surface area (Å²) in [7, 11) is 0. The number of pyridine rings is 1. The maximum Gasteiger partial charge on any atom is 0.228 e. The highest BCUT2D eigenvalue weighted by Gasteiger charge is 2.23. The molecule has 0 aromatic carbocycles. The zero-order valence-corrected chi connectivity index (χ0v) is 16.7. The van der Waals surface area contributed by atoms with Crippen molar-refractivity contribution in [2.24, 2.45) is 5.92 Å². The highest BCUT2D eigenvalue weighted by Crippen LogP contribution is 2.23. The van der Waals surface area contributed by atoms with Crippen LogP contribution in [0.1, 0.15) is 42.5 Å². The standard InChI is InChI=1S/C20H26N4O2S/c1-14(25)22-19-11-17(5-8-21-19)4-3-16-6-9-24(10-7-16)20(26)12-18-13-27-15(2)23-18/h5,8,11,13,16H,3-4,6-7,9-10,12H2,1-2H3,(H,21,22,25). The number of carbonyl (C=O) groups excluding carboxylic acids is 2. The van der Waals surface area contributed by atoms with Gasteiger partial charge in [0.15, 0.2) is 0 Å². The first-order valence-corrected chi connectivity index (χ1v) is 10.3. The summed E-state index contributed by atoms with van der Waals surface area (Å²) in [5.74, 6) is 1.32. The topological polar surface area (TPSA) is 75.2 Å². The van der Waals surface area contributed by atoms with E-state index >= 15 is 0 Å². The first kappa shape index (κ1) is 19.5. The number of anilines is 1. The highest BCUT2D eigenvalue weighted by molar-refractivity contribution is 7.09. The predicted octanol–water partition coefficient (Wildman–Crippen LogP) is 3.22. The van der Waals surface area contributed by atoms with Crippen molar-refractivity contribution in [1.29, 1.82) is 0 Å². The largest absolute Gasteiger partial charge is 0.342 e. The number of carbonyl (C=O) groups is 2. The Balaban J connectivity index is 1.43. The van der Waals surface area contributed by atoms with E-state index in [1.807, 2.05) is 29.3 Å². The van der Waals surface area contributed by atoms with Crippen LogP contribution in [0.15, 0.2) is 23.7 Å². The van der Waals surface area contributed by atoms with Gasteiger partial charge in [0.25, 0.3) is 0 Å². The molecule has 3 heterocycles. The zero-order valence-electron chi connectivity index (χ0n) is 15.9. The molecule has 1 saturated heterocycles. The second-order valence-electron chi connectivity index (χ2n) is 7.13. The summed E-state index contributed by atoms with van der Waals surface area (Å²) in [6, 6.07) is 3.94. The Labute approximate surface area is 164 Å². The molecule has 1 N–H and O–H groups in total. The third-order valence-corrected chi connectivity index (χ3v) is 5.76. The Morgan fingerprint density at radius 3 is 2.78 bits per heavy atom. The van der Waals surface area contributed by atoms with Crippen LogP contribution in [0, 0.1) is 12.8 Å². The van der Waals surface area contributed by atoms with Gasteiger partial charge in [0, 0.05) is 31.6 Å². The Hall–Kier alpha value is -2.28. The first-order chi connectivity index (χ1) is 13.0. The lowest BCUT2D eigenvalue weighted by Crippen LogP contribution is -2.39. The fraction of sp³-hybridized carbons (Fsp3) is 0.500. The summed E-state index contributed by atoms with van der Waals surface area (Å²) in [4.78, 5) is 34.1. The number of aryl methyl sites for hydroxylation is 2. The van der Waals surface area contributed by atoms with Crippen molar-refractivity contribution in [2.75, 3.05) is 18.4 Å². The number of nitrogens with one attached hydrogen (secondary N) is 1. The number of hydrogen-bond donors (Lipinski definition) is 1. The summed E-state index contributed by atoms with van der Waals surface area (Å²) in [6.45, 7) is 5.12. The molecule has 2 amide bonds. The summed E-state index contributed by atoms with van der Waals surface area (Å²) in [5.41, 5.74) is 2.07. The van der Waals surface area contributed by atoms with Crippen LogP contribution >= 0.6 is 11.3 Å². The van der Waals surface area contributed by atoms with Crippen LogP contribution in [0.25, 0.3) is 0 Å². The normalized spacial score (nSPS) is 15.0. The lowest BCUT2D eigenvalue weighted by atomic mass is 9.90. The van der Waals surface area contributed by atoms with E-state index in [-0.39, 0.29) is 11.8 Å². The predicted molar refractivity (Wildman–Crippen MR) is 107 cm³/mol. The number of amides is 2. The van der Waals surface area contributed by atoms with E-state index in [2.05, 4.69) is 15.3 Å². The minimum absolute atomic E-state index is 0.107. The van der Waals surface area contributed by atoms with E-state index in [1.165, 1.54) is 12.5 Å². The van der Waals surface area contributed by atoms with Crippen LogP contribution in [-0.4, -0.2) is 39.8 Å². The van der Waals surface area contributed by atoms with Crippen LogP contribution in [0.3, 0.4) is 0 Å². The van der Waals surface area contributed by atoms with Gasteiger partial charge in [-0.1, -0.05) is 0 Å². The molecule has 3 rings (SSSR count). The summed E-state index contributed by atoms with van der Waals surface area (Å²) in [6.07, 6.45) is 6.31. The van der Waals surface area contributed by atoms with Crippen LogP contribution in [0.5, 0.6) is 0 Å².